The fraction of sp³-hybridized carbons (Fsp3) is 0.643. The van der Waals surface area contributed by atoms with Gasteiger partial charge < -0.3 is 10.5 Å². The van der Waals surface area contributed by atoms with Gasteiger partial charge in [-0.3, -0.25) is 9.88 Å². The van der Waals surface area contributed by atoms with Crippen LogP contribution in [0.5, 0.6) is 0 Å². The van der Waals surface area contributed by atoms with Crippen molar-refractivity contribution < 1.29 is 4.74 Å². The van der Waals surface area contributed by atoms with E-state index in [0.29, 0.717) is 6.04 Å². The van der Waals surface area contributed by atoms with E-state index in [0.717, 1.165) is 13.2 Å². The molecule has 0 saturated heterocycles. The molecule has 1 aliphatic carbocycles. The van der Waals surface area contributed by atoms with Crippen LogP contribution >= 0.6 is 0 Å². The maximum atomic E-state index is 6.20. The highest BCUT2D eigenvalue weighted by Crippen LogP contribution is 2.35. The fourth-order valence-corrected chi connectivity index (χ4v) is 2.51. The molecule has 4 heteroatoms. The summed E-state index contributed by atoms with van der Waals surface area (Å²) in [5.41, 5.74) is 7.46. The smallest absolute Gasteiger partial charge is 0.0590 e. The van der Waals surface area contributed by atoms with Gasteiger partial charge in [0.1, 0.15) is 0 Å². The summed E-state index contributed by atoms with van der Waals surface area (Å²) in [4.78, 5) is 6.57. The highest BCUT2D eigenvalue weighted by molar-refractivity contribution is 5.18. The van der Waals surface area contributed by atoms with Crippen LogP contribution in [-0.2, 0) is 4.74 Å². The molecule has 0 aromatic carbocycles. The zero-order chi connectivity index (χ0) is 13.0. The van der Waals surface area contributed by atoms with Gasteiger partial charge in [-0.1, -0.05) is 0 Å². The second-order valence-corrected chi connectivity index (χ2v) is 5.05. The van der Waals surface area contributed by atoms with E-state index in [1.165, 1.54) is 18.4 Å². The minimum absolute atomic E-state index is 0.102. The van der Waals surface area contributed by atoms with Crippen molar-refractivity contribution >= 4 is 0 Å². The Morgan fingerprint density at radius 1 is 1.44 bits per heavy atom. The molecule has 100 valence electrons. The van der Waals surface area contributed by atoms with Crippen molar-refractivity contribution in [2.24, 2.45) is 5.73 Å². The lowest BCUT2D eigenvalue weighted by atomic mass is 10.00. The van der Waals surface area contributed by atoms with Crippen LogP contribution in [0.15, 0.2) is 24.5 Å². The Labute approximate surface area is 109 Å². The number of hydrogen-bond donors (Lipinski definition) is 1. The van der Waals surface area contributed by atoms with Gasteiger partial charge in [-0.05, 0) is 37.5 Å². The minimum atomic E-state index is 0.102. The Bertz CT molecular complexity index is 351. The van der Waals surface area contributed by atoms with E-state index in [1.54, 1.807) is 7.11 Å². The maximum absolute atomic E-state index is 6.20. The van der Waals surface area contributed by atoms with Crippen LogP contribution in [0.25, 0.3) is 0 Å². The first-order valence-corrected chi connectivity index (χ1v) is 6.64. The third-order valence-corrected chi connectivity index (χ3v) is 3.47. The Balaban J connectivity index is 2.16. The lowest BCUT2D eigenvalue weighted by Crippen LogP contribution is -2.42. The molecule has 0 spiro atoms. The summed E-state index contributed by atoms with van der Waals surface area (Å²) < 4.78 is 5.22. The quantitative estimate of drug-likeness (QED) is 0.797. The van der Waals surface area contributed by atoms with Gasteiger partial charge in [0.2, 0.25) is 0 Å². The van der Waals surface area contributed by atoms with Gasteiger partial charge in [0.25, 0.3) is 0 Å². The van der Waals surface area contributed by atoms with Crippen molar-refractivity contribution in [2.75, 3.05) is 20.3 Å². The molecule has 1 saturated carbocycles. The monoisotopic (exact) mass is 249 g/mol. The summed E-state index contributed by atoms with van der Waals surface area (Å²) in [6.07, 6.45) is 6.23. The van der Waals surface area contributed by atoms with Crippen molar-refractivity contribution in [3.63, 3.8) is 0 Å². The van der Waals surface area contributed by atoms with E-state index >= 15 is 0 Å². The number of nitrogens with two attached hydrogens (primary N) is 1. The van der Waals surface area contributed by atoms with E-state index in [4.69, 9.17) is 10.5 Å². The first-order valence-electron chi connectivity index (χ1n) is 6.64. The van der Waals surface area contributed by atoms with E-state index in [2.05, 4.69) is 28.9 Å². The third-order valence-electron chi connectivity index (χ3n) is 3.47. The predicted octanol–water partition coefficient (Wildman–Crippen LogP) is 1.58. The van der Waals surface area contributed by atoms with Crippen molar-refractivity contribution in [3.8, 4) is 0 Å². The van der Waals surface area contributed by atoms with Crippen LogP contribution in [0.4, 0.5) is 0 Å². The summed E-state index contributed by atoms with van der Waals surface area (Å²) in [6.45, 7) is 3.77. The average Bonchev–Trinajstić information content (AvgIpc) is 3.19. The van der Waals surface area contributed by atoms with Gasteiger partial charge in [-0.2, -0.15) is 0 Å². The highest BCUT2D eigenvalue weighted by atomic mass is 16.5. The molecule has 0 amide bonds. The summed E-state index contributed by atoms with van der Waals surface area (Å²) >= 11 is 0. The van der Waals surface area contributed by atoms with Crippen LogP contribution in [0.2, 0.25) is 0 Å². The highest BCUT2D eigenvalue weighted by Gasteiger charge is 2.35. The SMILES string of the molecule is COCCN(C1CC1)C(c1ccncc1)C(C)N. The Morgan fingerprint density at radius 3 is 2.61 bits per heavy atom. The average molecular weight is 249 g/mol. The number of aromatic nitrogens is 1. The molecule has 1 aromatic rings. The van der Waals surface area contributed by atoms with Crippen LogP contribution in [0, 0.1) is 0 Å². The van der Waals surface area contributed by atoms with Crippen LogP contribution in [-0.4, -0.2) is 42.2 Å². The molecule has 1 aliphatic rings. The number of pyridine rings is 1. The Kier molecular flexibility index (Phi) is 4.69. The largest absolute Gasteiger partial charge is 0.383 e. The van der Waals surface area contributed by atoms with Crippen LogP contribution in [0.1, 0.15) is 31.4 Å². The zero-order valence-electron chi connectivity index (χ0n) is 11.2. The lowest BCUT2D eigenvalue weighted by molar-refractivity contribution is 0.104. The molecule has 2 unspecified atom stereocenters. The van der Waals surface area contributed by atoms with Gasteiger partial charge in [0, 0.05) is 38.1 Å². The van der Waals surface area contributed by atoms with E-state index in [9.17, 15) is 0 Å². The molecule has 0 bridgehead atoms. The number of methoxy groups -OCH3 is 1. The standard InChI is InChI=1S/C14H23N3O/c1-11(15)14(12-5-7-16-8-6-12)17(9-10-18-2)13-3-4-13/h5-8,11,13-14H,3-4,9-10,15H2,1-2H3. The van der Waals surface area contributed by atoms with Crippen LogP contribution < -0.4 is 5.73 Å². The summed E-state index contributed by atoms with van der Waals surface area (Å²) in [5, 5.41) is 0. The molecule has 2 rings (SSSR count). The topological polar surface area (TPSA) is 51.4 Å². The predicted molar refractivity (Wildman–Crippen MR) is 72.2 cm³/mol. The number of hydrogen-bond acceptors (Lipinski definition) is 4. The summed E-state index contributed by atoms with van der Waals surface area (Å²) in [6, 6.07) is 5.16. The lowest BCUT2D eigenvalue weighted by Gasteiger charge is -2.34. The molecule has 1 heterocycles. The van der Waals surface area contributed by atoms with Gasteiger partial charge in [-0.25, -0.2) is 0 Å². The van der Waals surface area contributed by atoms with Gasteiger partial charge in [0.05, 0.1) is 12.6 Å². The second-order valence-electron chi connectivity index (χ2n) is 5.05. The molecular formula is C14H23N3O. The van der Waals surface area contributed by atoms with Crippen molar-refractivity contribution in [2.45, 2.75) is 37.9 Å². The first kappa shape index (κ1) is 13.5. The third kappa shape index (κ3) is 3.28. The Morgan fingerprint density at radius 2 is 2.11 bits per heavy atom. The molecule has 18 heavy (non-hydrogen) atoms. The zero-order valence-corrected chi connectivity index (χ0v) is 11.2. The molecule has 0 aliphatic heterocycles. The molecular weight excluding hydrogens is 226 g/mol. The number of rotatable bonds is 7. The minimum Gasteiger partial charge on any atom is -0.383 e. The van der Waals surface area contributed by atoms with Crippen LogP contribution in [0.3, 0.4) is 0 Å². The molecule has 0 radical (unpaired) electrons. The van der Waals surface area contributed by atoms with E-state index < -0.39 is 0 Å². The van der Waals surface area contributed by atoms with E-state index in [-0.39, 0.29) is 12.1 Å². The number of ether oxygens (including phenoxy) is 1. The summed E-state index contributed by atoms with van der Waals surface area (Å²) in [5.74, 6) is 0. The molecule has 2 N–H and O–H groups in total. The number of nitrogens with zero attached hydrogens (tertiary/aromatic N) is 2. The van der Waals surface area contributed by atoms with Crippen molar-refractivity contribution in [1.29, 1.82) is 0 Å². The normalized spacial score (nSPS) is 18.9. The van der Waals surface area contributed by atoms with Gasteiger partial charge in [0.15, 0.2) is 0 Å². The second kappa shape index (κ2) is 6.27. The molecule has 4 nitrogen and oxygen atoms in total. The molecule has 1 aromatic heterocycles. The molecule has 1 fully saturated rings. The van der Waals surface area contributed by atoms with E-state index in [1.807, 2.05) is 12.4 Å². The maximum Gasteiger partial charge on any atom is 0.0590 e. The van der Waals surface area contributed by atoms with Crippen molar-refractivity contribution in [3.05, 3.63) is 30.1 Å². The first-order chi connectivity index (χ1) is 8.74. The van der Waals surface area contributed by atoms with Gasteiger partial charge >= 0.3 is 0 Å². The summed E-state index contributed by atoms with van der Waals surface area (Å²) in [7, 11) is 1.75. The fourth-order valence-electron chi connectivity index (χ4n) is 2.51. The Hall–Kier alpha value is -0.970. The molecule has 2 atom stereocenters. The van der Waals surface area contributed by atoms with Gasteiger partial charge in [-0.15, -0.1) is 0 Å². The van der Waals surface area contributed by atoms with Crippen molar-refractivity contribution in [1.82, 2.24) is 9.88 Å².